The van der Waals surface area contributed by atoms with Gasteiger partial charge in [-0.3, -0.25) is 9.59 Å². The fourth-order valence-corrected chi connectivity index (χ4v) is 5.07. The summed E-state index contributed by atoms with van der Waals surface area (Å²) in [4.78, 5) is 27.7. The van der Waals surface area contributed by atoms with E-state index in [1.54, 1.807) is 60.7 Å². The number of sulfonamides is 1. The van der Waals surface area contributed by atoms with Crippen LogP contribution >= 0.6 is 0 Å². The lowest BCUT2D eigenvalue weighted by atomic mass is 10.0. The zero-order valence-corrected chi connectivity index (χ0v) is 19.0. The van der Waals surface area contributed by atoms with Crippen LogP contribution in [-0.4, -0.2) is 31.9 Å². The summed E-state index contributed by atoms with van der Waals surface area (Å²) in [5.74, 6) is -1.26. The number of carbonyl (C=O) groups excluding carboxylic acids is 2. The van der Waals surface area contributed by atoms with Crippen molar-refractivity contribution in [3.8, 4) is 0 Å². The summed E-state index contributed by atoms with van der Waals surface area (Å²) in [7, 11) is -3.83. The van der Waals surface area contributed by atoms with Crippen molar-refractivity contribution in [1.29, 1.82) is 0 Å². The highest BCUT2D eigenvalue weighted by molar-refractivity contribution is 7.89. The topological polar surface area (TPSA) is 104 Å². The van der Waals surface area contributed by atoms with Crippen molar-refractivity contribution in [2.24, 2.45) is 5.92 Å². The predicted molar refractivity (Wildman–Crippen MR) is 128 cm³/mol. The lowest BCUT2D eigenvalue weighted by Crippen LogP contribution is -2.33. The molecule has 0 atom stereocenters. The van der Waals surface area contributed by atoms with Crippen molar-refractivity contribution in [2.75, 3.05) is 11.4 Å². The van der Waals surface area contributed by atoms with E-state index in [2.05, 4.69) is 4.72 Å². The highest BCUT2D eigenvalue weighted by Crippen LogP contribution is 2.42. The molecule has 7 nitrogen and oxygen atoms in total. The van der Waals surface area contributed by atoms with Gasteiger partial charge in [-0.05, 0) is 49.1 Å². The van der Waals surface area contributed by atoms with E-state index in [0.717, 1.165) is 17.7 Å². The number of hydrogen-bond donors (Lipinski definition) is 2. The number of anilines is 1. The molecule has 2 N–H and O–H groups in total. The van der Waals surface area contributed by atoms with E-state index in [0.29, 0.717) is 23.6 Å². The number of carbonyl (C=O) groups is 2. The Bertz CT molecular complexity index is 1410. The van der Waals surface area contributed by atoms with Gasteiger partial charge in [-0.25, -0.2) is 18.0 Å². The van der Waals surface area contributed by atoms with Crippen LogP contribution in [0, 0.1) is 5.92 Å². The maximum Gasteiger partial charge on any atom is 0.269 e. The Morgan fingerprint density at radius 1 is 0.941 bits per heavy atom. The molecule has 3 aromatic carbocycles. The summed E-state index contributed by atoms with van der Waals surface area (Å²) < 4.78 is 28.4. The number of fused-ring (bicyclic) bond motifs is 1. The molecule has 0 spiro atoms. The maximum absolute atomic E-state index is 13.5. The highest BCUT2D eigenvalue weighted by Gasteiger charge is 2.40. The molecule has 172 valence electrons. The molecule has 34 heavy (non-hydrogen) atoms. The maximum atomic E-state index is 13.5. The van der Waals surface area contributed by atoms with Crippen LogP contribution in [0.3, 0.4) is 0 Å². The quantitative estimate of drug-likeness (QED) is 0.319. The van der Waals surface area contributed by atoms with Crippen molar-refractivity contribution >= 4 is 38.9 Å². The van der Waals surface area contributed by atoms with Gasteiger partial charge in [0.1, 0.15) is 5.76 Å². The SMILES string of the molecule is O=C1/C(=C(\O)c2ccccc2)c2cc(S(=O)(=O)NCC3CC3)ccc2N1C(=O)c1ccccc1. The lowest BCUT2D eigenvalue weighted by molar-refractivity contribution is -0.112. The fourth-order valence-electron chi connectivity index (χ4n) is 3.93. The Balaban J connectivity index is 1.64. The zero-order chi connectivity index (χ0) is 23.9. The van der Waals surface area contributed by atoms with Gasteiger partial charge in [0, 0.05) is 23.2 Å². The van der Waals surface area contributed by atoms with Gasteiger partial charge in [-0.15, -0.1) is 0 Å². The number of rotatable bonds is 6. The van der Waals surface area contributed by atoms with Crippen molar-refractivity contribution in [3.05, 3.63) is 95.6 Å². The fraction of sp³-hybridized carbons (Fsp3) is 0.154. The largest absolute Gasteiger partial charge is 0.506 e. The third-order valence-electron chi connectivity index (χ3n) is 5.97. The normalized spacial score (nSPS) is 16.9. The zero-order valence-electron chi connectivity index (χ0n) is 18.1. The number of nitrogens with one attached hydrogen (secondary N) is 1. The average molecular weight is 475 g/mol. The molecule has 1 fully saturated rings. The third-order valence-corrected chi connectivity index (χ3v) is 7.39. The molecule has 1 heterocycles. The van der Waals surface area contributed by atoms with E-state index in [1.807, 2.05) is 0 Å². The second-order valence-electron chi connectivity index (χ2n) is 8.38. The Hall–Kier alpha value is -3.75. The minimum atomic E-state index is -3.83. The molecular formula is C26H22N2O5S. The predicted octanol–water partition coefficient (Wildman–Crippen LogP) is 3.99. The van der Waals surface area contributed by atoms with Crippen molar-refractivity contribution in [1.82, 2.24) is 4.72 Å². The number of amides is 2. The van der Waals surface area contributed by atoms with Crippen LogP contribution in [0.5, 0.6) is 0 Å². The monoisotopic (exact) mass is 474 g/mol. The molecule has 8 heteroatoms. The van der Waals surface area contributed by atoms with Gasteiger partial charge in [0.25, 0.3) is 11.8 Å². The number of benzene rings is 3. The number of nitrogens with zero attached hydrogens (tertiary/aromatic N) is 1. The first kappa shape index (κ1) is 22.1. The number of imide groups is 1. The average Bonchev–Trinajstić information content (AvgIpc) is 3.65. The van der Waals surface area contributed by atoms with E-state index in [1.165, 1.54) is 18.2 Å². The standard InChI is InChI=1S/C26H22N2O5S/c29-24(18-7-3-1-4-8-18)23-21-15-20(34(32,33)27-16-17-11-12-17)13-14-22(21)28(26(23)31)25(30)19-9-5-2-6-10-19/h1-10,13-15,17,27,29H,11-12,16H2/b24-23-. The first-order valence-electron chi connectivity index (χ1n) is 10.9. The molecule has 3 aromatic rings. The van der Waals surface area contributed by atoms with Crippen LogP contribution in [0.2, 0.25) is 0 Å². The van der Waals surface area contributed by atoms with Gasteiger partial charge in [-0.2, -0.15) is 0 Å². The molecule has 1 aliphatic heterocycles. The number of aliphatic hydroxyl groups excluding tert-OH is 1. The number of aliphatic hydroxyl groups is 1. The summed E-state index contributed by atoms with van der Waals surface area (Å²) in [5.41, 5.74) is 0.961. The third kappa shape index (κ3) is 4.02. The summed E-state index contributed by atoms with van der Waals surface area (Å²) in [6, 6.07) is 20.9. The van der Waals surface area contributed by atoms with E-state index in [4.69, 9.17) is 0 Å². The molecular weight excluding hydrogens is 452 g/mol. The minimum Gasteiger partial charge on any atom is -0.506 e. The van der Waals surface area contributed by atoms with Crippen molar-refractivity contribution in [2.45, 2.75) is 17.7 Å². The van der Waals surface area contributed by atoms with Crippen LogP contribution in [0.25, 0.3) is 11.3 Å². The molecule has 1 aliphatic carbocycles. The lowest BCUT2D eigenvalue weighted by Gasteiger charge is -2.15. The molecule has 5 rings (SSSR count). The van der Waals surface area contributed by atoms with Crippen molar-refractivity contribution in [3.63, 3.8) is 0 Å². The molecule has 0 saturated heterocycles. The molecule has 1 saturated carbocycles. The van der Waals surface area contributed by atoms with Crippen molar-refractivity contribution < 1.29 is 23.1 Å². The minimum absolute atomic E-state index is 0.0351. The van der Waals surface area contributed by atoms with E-state index < -0.39 is 21.8 Å². The molecule has 2 aliphatic rings. The van der Waals surface area contributed by atoms with Crippen LogP contribution in [0.1, 0.15) is 34.3 Å². The Morgan fingerprint density at radius 3 is 2.18 bits per heavy atom. The second-order valence-corrected chi connectivity index (χ2v) is 10.1. The highest BCUT2D eigenvalue weighted by atomic mass is 32.2. The summed E-state index contributed by atoms with van der Waals surface area (Å²) in [6.45, 7) is 0.356. The molecule has 0 radical (unpaired) electrons. The summed E-state index contributed by atoms with van der Waals surface area (Å²) in [6.07, 6.45) is 1.99. The van der Waals surface area contributed by atoms with Gasteiger partial charge >= 0.3 is 0 Å². The van der Waals surface area contributed by atoms with Gasteiger partial charge in [0.2, 0.25) is 10.0 Å². The molecule has 0 aromatic heterocycles. The summed E-state index contributed by atoms with van der Waals surface area (Å²) in [5, 5.41) is 11.0. The van der Waals surface area contributed by atoms with Crippen LogP contribution in [0.15, 0.2) is 83.8 Å². The van der Waals surface area contributed by atoms with Crippen LogP contribution < -0.4 is 9.62 Å². The van der Waals surface area contributed by atoms with E-state index >= 15 is 0 Å². The second kappa shape index (κ2) is 8.55. The number of hydrogen-bond acceptors (Lipinski definition) is 5. The molecule has 0 bridgehead atoms. The van der Waals surface area contributed by atoms with Gasteiger partial charge < -0.3 is 5.11 Å². The molecule has 0 unspecified atom stereocenters. The van der Waals surface area contributed by atoms with Crippen LogP contribution in [-0.2, 0) is 14.8 Å². The Morgan fingerprint density at radius 2 is 1.56 bits per heavy atom. The van der Waals surface area contributed by atoms with E-state index in [9.17, 15) is 23.1 Å². The van der Waals surface area contributed by atoms with E-state index in [-0.39, 0.29) is 27.5 Å². The Labute approximate surface area is 197 Å². The van der Waals surface area contributed by atoms with Gasteiger partial charge in [0.15, 0.2) is 0 Å². The first-order chi connectivity index (χ1) is 16.4. The molecule has 2 amide bonds. The summed E-state index contributed by atoms with van der Waals surface area (Å²) >= 11 is 0. The van der Waals surface area contributed by atoms with Gasteiger partial charge in [0.05, 0.1) is 16.2 Å². The van der Waals surface area contributed by atoms with Gasteiger partial charge in [-0.1, -0.05) is 48.5 Å². The Kier molecular flexibility index (Phi) is 5.55. The first-order valence-corrected chi connectivity index (χ1v) is 12.4. The smallest absolute Gasteiger partial charge is 0.269 e. The van der Waals surface area contributed by atoms with Crippen LogP contribution in [0.4, 0.5) is 5.69 Å².